The van der Waals surface area contributed by atoms with Crippen LogP contribution < -0.4 is 0 Å². The number of nitrogens with zero attached hydrogens (tertiary/aromatic N) is 5. The molecular weight excluding hydrogens is 294 g/mol. The highest BCUT2D eigenvalue weighted by Gasteiger charge is 2.27. The van der Waals surface area contributed by atoms with E-state index >= 15 is 0 Å². The van der Waals surface area contributed by atoms with Crippen LogP contribution in [0.2, 0.25) is 0 Å². The van der Waals surface area contributed by atoms with Gasteiger partial charge in [0, 0.05) is 30.9 Å². The molecule has 1 saturated carbocycles. The first kappa shape index (κ1) is 15.9. The third-order valence-electron chi connectivity index (χ3n) is 4.53. The number of fused-ring (bicyclic) bond motifs is 1. The number of aryl methyl sites for hydroxylation is 2. The van der Waals surface area contributed by atoms with Crippen LogP contribution in [0.5, 0.6) is 0 Å². The minimum atomic E-state index is -0.320. The van der Waals surface area contributed by atoms with Crippen molar-refractivity contribution in [1.29, 1.82) is 0 Å². The lowest BCUT2D eigenvalue weighted by Gasteiger charge is -2.30. The smallest absolute Gasteiger partial charge is 0.293 e. The van der Waals surface area contributed by atoms with E-state index in [1.807, 2.05) is 19.9 Å². The molecule has 2 heterocycles. The number of hydrogen-bond acceptors (Lipinski definition) is 5. The molecule has 0 aliphatic heterocycles. The largest absolute Gasteiger partial charge is 0.393 e. The minimum Gasteiger partial charge on any atom is -0.393 e. The molecule has 1 aliphatic rings. The van der Waals surface area contributed by atoms with Gasteiger partial charge >= 0.3 is 0 Å². The van der Waals surface area contributed by atoms with Gasteiger partial charge in [0.05, 0.1) is 6.10 Å². The van der Waals surface area contributed by atoms with Gasteiger partial charge in [-0.1, -0.05) is 12.8 Å². The van der Waals surface area contributed by atoms with Crippen LogP contribution in [0.1, 0.15) is 47.7 Å². The molecule has 1 aliphatic carbocycles. The summed E-state index contributed by atoms with van der Waals surface area (Å²) in [5.74, 6) is 0.498. The van der Waals surface area contributed by atoms with Crippen molar-refractivity contribution in [2.75, 3.05) is 13.6 Å². The van der Waals surface area contributed by atoms with Gasteiger partial charge in [0.2, 0.25) is 5.82 Å². The molecular formula is C16H23N5O2. The summed E-state index contributed by atoms with van der Waals surface area (Å²) >= 11 is 0. The van der Waals surface area contributed by atoms with Crippen molar-refractivity contribution >= 4 is 11.7 Å². The van der Waals surface area contributed by atoms with Gasteiger partial charge in [-0.25, -0.2) is 9.50 Å². The number of aliphatic hydroxyl groups is 1. The average molecular weight is 317 g/mol. The van der Waals surface area contributed by atoms with Crippen molar-refractivity contribution < 1.29 is 9.90 Å². The third-order valence-corrected chi connectivity index (χ3v) is 4.53. The van der Waals surface area contributed by atoms with E-state index in [9.17, 15) is 9.90 Å². The molecule has 2 aromatic heterocycles. The Morgan fingerprint density at radius 3 is 2.83 bits per heavy atom. The summed E-state index contributed by atoms with van der Waals surface area (Å²) in [6.07, 6.45) is 3.63. The molecule has 1 fully saturated rings. The lowest BCUT2D eigenvalue weighted by molar-refractivity contribution is 0.0446. The van der Waals surface area contributed by atoms with Gasteiger partial charge in [-0.2, -0.15) is 4.98 Å². The highest BCUT2D eigenvalue weighted by molar-refractivity contribution is 5.90. The fourth-order valence-electron chi connectivity index (χ4n) is 3.26. The second kappa shape index (κ2) is 6.23. The summed E-state index contributed by atoms with van der Waals surface area (Å²) in [5.41, 5.74) is 1.74. The normalized spacial score (nSPS) is 21.6. The molecule has 7 heteroatoms. The minimum absolute atomic E-state index is 0.136. The van der Waals surface area contributed by atoms with Crippen LogP contribution in [-0.4, -0.2) is 55.2 Å². The van der Waals surface area contributed by atoms with Gasteiger partial charge in [-0.05, 0) is 32.8 Å². The standard InChI is InChI=1S/C16H23N5O2/c1-10-8-11(2)21-16(17-10)18-14(19-21)15(23)20(3)9-12-6-4-5-7-13(12)22/h8,12-13,22H,4-7,9H2,1-3H3. The van der Waals surface area contributed by atoms with Gasteiger partial charge in [-0.3, -0.25) is 4.79 Å². The SMILES string of the molecule is Cc1cc(C)n2nc(C(=O)N(C)CC3CCCCC3O)nc2n1. The van der Waals surface area contributed by atoms with Gasteiger partial charge in [0.15, 0.2) is 0 Å². The van der Waals surface area contributed by atoms with Gasteiger partial charge in [0.25, 0.3) is 11.7 Å². The van der Waals surface area contributed by atoms with Crippen LogP contribution in [0.25, 0.3) is 5.78 Å². The first-order valence-corrected chi connectivity index (χ1v) is 8.10. The molecule has 2 atom stereocenters. The van der Waals surface area contributed by atoms with E-state index in [0.29, 0.717) is 12.3 Å². The van der Waals surface area contributed by atoms with E-state index in [1.54, 1.807) is 16.5 Å². The summed E-state index contributed by atoms with van der Waals surface area (Å²) in [4.78, 5) is 22.7. The molecule has 0 spiro atoms. The highest BCUT2D eigenvalue weighted by atomic mass is 16.3. The fraction of sp³-hybridized carbons (Fsp3) is 0.625. The molecule has 0 radical (unpaired) electrons. The zero-order chi connectivity index (χ0) is 16.6. The van der Waals surface area contributed by atoms with Crippen molar-refractivity contribution in [3.63, 3.8) is 0 Å². The number of aliphatic hydroxyl groups excluding tert-OH is 1. The molecule has 2 unspecified atom stereocenters. The number of aromatic nitrogens is 4. The average Bonchev–Trinajstić information content (AvgIpc) is 2.93. The number of carbonyl (C=O) groups excluding carboxylic acids is 1. The zero-order valence-corrected chi connectivity index (χ0v) is 13.9. The van der Waals surface area contributed by atoms with Gasteiger partial charge in [0.1, 0.15) is 0 Å². The summed E-state index contributed by atoms with van der Waals surface area (Å²) in [6, 6.07) is 1.90. The Morgan fingerprint density at radius 1 is 1.35 bits per heavy atom. The van der Waals surface area contributed by atoms with E-state index in [2.05, 4.69) is 15.1 Å². The van der Waals surface area contributed by atoms with Crippen molar-refractivity contribution in [2.24, 2.45) is 5.92 Å². The second-order valence-electron chi connectivity index (χ2n) is 6.48. The second-order valence-corrected chi connectivity index (χ2v) is 6.48. The van der Waals surface area contributed by atoms with E-state index < -0.39 is 0 Å². The maximum Gasteiger partial charge on any atom is 0.293 e. The molecule has 1 amide bonds. The van der Waals surface area contributed by atoms with E-state index in [0.717, 1.165) is 37.1 Å². The Morgan fingerprint density at radius 2 is 2.09 bits per heavy atom. The van der Waals surface area contributed by atoms with Crippen molar-refractivity contribution in [2.45, 2.75) is 45.6 Å². The molecule has 3 rings (SSSR count). The lowest BCUT2D eigenvalue weighted by Crippen LogP contribution is -2.38. The Kier molecular flexibility index (Phi) is 4.30. The summed E-state index contributed by atoms with van der Waals surface area (Å²) in [5, 5.41) is 14.3. The van der Waals surface area contributed by atoms with Crippen LogP contribution >= 0.6 is 0 Å². The summed E-state index contributed by atoms with van der Waals surface area (Å²) < 4.78 is 1.59. The van der Waals surface area contributed by atoms with Gasteiger partial charge < -0.3 is 10.0 Å². The Balaban J connectivity index is 1.78. The molecule has 0 aromatic carbocycles. The maximum absolute atomic E-state index is 12.6. The van der Waals surface area contributed by atoms with Crippen molar-refractivity contribution in [3.05, 3.63) is 23.3 Å². The summed E-state index contributed by atoms with van der Waals surface area (Å²) in [6.45, 7) is 4.33. The number of carbonyl (C=O) groups is 1. The molecule has 0 bridgehead atoms. The Labute approximate surface area is 135 Å². The van der Waals surface area contributed by atoms with Crippen molar-refractivity contribution in [1.82, 2.24) is 24.5 Å². The molecule has 1 N–H and O–H groups in total. The van der Waals surface area contributed by atoms with Gasteiger partial charge in [-0.15, -0.1) is 5.10 Å². The molecule has 0 saturated heterocycles. The monoisotopic (exact) mass is 317 g/mol. The number of hydrogen-bond donors (Lipinski definition) is 1. The predicted octanol–water partition coefficient (Wildman–Crippen LogP) is 1.36. The number of amides is 1. The Bertz CT molecular complexity index is 727. The lowest BCUT2D eigenvalue weighted by atomic mass is 9.86. The van der Waals surface area contributed by atoms with E-state index in [4.69, 9.17) is 0 Å². The predicted molar refractivity (Wildman–Crippen MR) is 85.2 cm³/mol. The molecule has 124 valence electrons. The fourth-order valence-corrected chi connectivity index (χ4v) is 3.26. The summed E-state index contributed by atoms with van der Waals surface area (Å²) in [7, 11) is 1.74. The van der Waals surface area contributed by atoms with E-state index in [1.165, 1.54) is 0 Å². The quantitative estimate of drug-likeness (QED) is 0.924. The van der Waals surface area contributed by atoms with Crippen LogP contribution in [0.4, 0.5) is 0 Å². The molecule has 2 aromatic rings. The van der Waals surface area contributed by atoms with Crippen LogP contribution in [0.15, 0.2) is 6.07 Å². The zero-order valence-electron chi connectivity index (χ0n) is 13.9. The first-order chi connectivity index (χ1) is 11.0. The molecule has 7 nitrogen and oxygen atoms in total. The van der Waals surface area contributed by atoms with Crippen LogP contribution in [-0.2, 0) is 0 Å². The van der Waals surface area contributed by atoms with Crippen LogP contribution in [0, 0.1) is 19.8 Å². The highest BCUT2D eigenvalue weighted by Crippen LogP contribution is 2.25. The van der Waals surface area contributed by atoms with E-state index in [-0.39, 0.29) is 23.8 Å². The van der Waals surface area contributed by atoms with Crippen molar-refractivity contribution in [3.8, 4) is 0 Å². The van der Waals surface area contributed by atoms with Crippen LogP contribution in [0.3, 0.4) is 0 Å². The third kappa shape index (κ3) is 3.19. The number of rotatable bonds is 3. The first-order valence-electron chi connectivity index (χ1n) is 8.10. The topological polar surface area (TPSA) is 83.6 Å². The Hall–Kier alpha value is -2.02. The maximum atomic E-state index is 12.6. The molecule has 23 heavy (non-hydrogen) atoms.